The zero-order chi connectivity index (χ0) is 20.2. The van der Waals surface area contributed by atoms with Crippen LogP contribution in [0, 0.1) is 5.41 Å². The Labute approximate surface area is 162 Å². The van der Waals surface area contributed by atoms with Crippen molar-refractivity contribution in [2.24, 2.45) is 5.41 Å². The van der Waals surface area contributed by atoms with E-state index in [0.717, 1.165) is 41.0 Å². The van der Waals surface area contributed by atoms with E-state index in [2.05, 4.69) is 49.8 Å². The van der Waals surface area contributed by atoms with Gasteiger partial charge in [0, 0.05) is 23.7 Å². The minimum Gasteiger partial charge on any atom is -0.496 e. The van der Waals surface area contributed by atoms with E-state index < -0.39 is 0 Å². The van der Waals surface area contributed by atoms with E-state index in [1.165, 1.54) is 0 Å². The van der Waals surface area contributed by atoms with E-state index in [0.29, 0.717) is 18.2 Å². The Balaban J connectivity index is 2.52. The van der Waals surface area contributed by atoms with Gasteiger partial charge in [-0.1, -0.05) is 34.1 Å². The molecule has 27 heavy (non-hydrogen) atoms. The van der Waals surface area contributed by atoms with Crippen LogP contribution >= 0.6 is 0 Å². The summed E-state index contributed by atoms with van der Waals surface area (Å²) in [5.74, 6) is 2.57. The van der Waals surface area contributed by atoms with Gasteiger partial charge in [-0.15, -0.1) is 0 Å². The van der Waals surface area contributed by atoms with Crippen LogP contribution in [0.2, 0.25) is 0 Å². The molecule has 0 amide bonds. The van der Waals surface area contributed by atoms with Crippen LogP contribution in [0.25, 0.3) is 0 Å². The molecule has 0 saturated heterocycles. The molecule has 1 heterocycles. The summed E-state index contributed by atoms with van der Waals surface area (Å²) in [6.07, 6.45) is 4.40. The number of methoxy groups -OCH3 is 2. The summed E-state index contributed by atoms with van der Waals surface area (Å²) in [6.45, 7) is 8.97. The molecule has 1 unspecified atom stereocenters. The molecule has 6 heteroatoms. The zero-order valence-electron chi connectivity index (χ0n) is 17.3. The second kappa shape index (κ2) is 8.46. The van der Waals surface area contributed by atoms with Gasteiger partial charge in [-0.05, 0) is 35.4 Å². The lowest BCUT2D eigenvalue weighted by Gasteiger charge is -2.33. The maximum absolute atomic E-state index is 5.99. The van der Waals surface area contributed by atoms with Gasteiger partial charge < -0.3 is 20.9 Å². The van der Waals surface area contributed by atoms with E-state index in [-0.39, 0.29) is 11.4 Å². The predicted octanol–water partition coefficient (Wildman–Crippen LogP) is 4.18. The molecule has 2 rings (SSSR count). The molecule has 0 radical (unpaired) electrons. The summed E-state index contributed by atoms with van der Waals surface area (Å²) >= 11 is 0. The molecule has 1 aromatic heterocycles. The topological polar surface area (TPSA) is 96.3 Å². The van der Waals surface area contributed by atoms with Gasteiger partial charge in [0.15, 0.2) is 0 Å². The molecule has 148 valence electrons. The number of aromatic nitrogens is 2. The first-order valence-corrected chi connectivity index (χ1v) is 9.32. The maximum Gasteiger partial charge on any atom is 0.221 e. The number of nitrogens with zero attached hydrogens (tertiary/aromatic N) is 2. The van der Waals surface area contributed by atoms with Crippen molar-refractivity contribution >= 4 is 11.8 Å². The van der Waals surface area contributed by atoms with Crippen molar-refractivity contribution in [1.29, 1.82) is 0 Å². The Morgan fingerprint density at radius 3 is 2.11 bits per heavy atom. The molecule has 0 aliphatic carbocycles. The van der Waals surface area contributed by atoms with E-state index in [4.69, 9.17) is 20.9 Å². The van der Waals surface area contributed by atoms with Gasteiger partial charge in [-0.2, -0.15) is 4.98 Å². The van der Waals surface area contributed by atoms with E-state index in [9.17, 15) is 0 Å². The molecule has 1 aromatic carbocycles. The Morgan fingerprint density at radius 2 is 1.67 bits per heavy atom. The quantitative estimate of drug-likeness (QED) is 0.757. The molecule has 0 aliphatic heterocycles. The summed E-state index contributed by atoms with van der Waals surface area (Å²) in [6, 6.07) is 4.12. The van der Waals surface area contributed by atoms with Gasteiger partial charge in [-0.25, -0.2) is 4.98 Å². The van der Waals surface area contributed by atoms with Crippen LogP contribution in [-0.4, -0.2) is 24.2 Å². The maximum atomic E-state index is 5.99. The number of hydrogen-bond donors (Lipinski definition) is 2. The van der Waals surface area contributed by atoms with Crippen LogP contribution in [-0.2, 0) is 6.42 Å². The number of nitrogens with two attached hydrogens (primary N) is 2. The summed E-state index contributed by atoms with van der Waals surface area (Å²) in [5, 5.41) is 0. The standard InChI is InChI=1S/C21H32N4O2/c1-7-8-15(21(2,3)4)18-16(26-5)10-13(11-17(18)27-6)9-14-12-24-20(23)25-19(14)22/h10-12,15H,7-9H2,1-6H3,(H4,22,23,24,25). The Bertz CT molecular complexity index is 759. The van der Waals surface area contributed by atoms with Gasteiger partial charge >= 0.3 is 0 Å². The minimum atomic E-state index is 0.0906. The second-order valence-electron chi connectivity index (χ2n) is 7.94. The number of nitrogen functional groups attached to an aromatic ring is 2. The van der Waals surface area contributed by atoms with Crippen LogP contribution < -0.4 is 20.9 Å². The van der Waals surface area contributed by atoms with Crippen molar-refractivity contribution in [3.8, 4) is 11.5 Å². The lowest BCUT2D eigenvalue weighted by Crippen LogP contribution is -2.20. The van der Waals surface area contributed by atoms with Crippen molar-refractivity contribution in [2.75, 3.05) is 25.7 Å². The van der Waals surface area contributed by atoms with Crippen molar-refractivity contribution in [1.82, 2.24) is 9.97 Å². The van der Waals surface area contributed by atoms with Gasteiger partial charge in [0.2, 0.25) is 5.95 Å². The fraction of sp³-hybridized carbons (Fsp3) is 0.524. The number of hydrogen-bond acceptors (Lipinski definition) is 6. The lowest BCUT2D eigenvalue weighted by molar-refractivity contribution is 0.281. The summed E-state index contributed by atoms with van der Waals surface area (Å²) in [7, 11) is 3.41. The summed E-state index contributed by atoms with van der Waals surface area (Å²) in [4.78, 5) is 8.09. The molecule has 4 N–H and O–H groups in total. The Kier molecular flexibility index (Phi) is 6.52. The lowest BCUT2D eigenvalue weighted by atomic mass is 9.73. The first-order valence-electron chi connectivity index (χ1n) is 9.32. The monoisotopic (exact) mass is 372 g/mol. The minimum absolute atomic E-state index is 0.0906. The average molecular weight is 373 g/mol. The molecule has 0 saturated carbocycles. The molecule has 0 aliphatic rings. The van der Waals surface area contributed by atoms with Crippen LogP contribution in [0.4, 0.5) is 11.8 Å². The highest BCUT2D eigenvalue weighted by atomic mass is 16.5. The predicted molar refractivity (Wildman–Crippen MR) is 110 cm³/mol. The van der Waals surface area contributed by atoms with Gasteiger partial charge in [0.1, 0.15) is 17.3 Å². The highest BCUT2D eigenvalue weighted by Crippen LogP contribution is 2.47. The number of ether oxygens (including phenoxy) is 2. The largest absolute Gasteiger partial charge is 0.496 e. The molecule has 1 atom stereocenters. The Hall–Kier alpha value is -2.50. The van der Waals surface area contributed by atoms with Crippen molar-refractivity contribution in [3.05, 3.63) is 35.0 Å². The molecule has 0 spiro atoms. The smallest absolute Gasteiger partial charge is 0.221 e. The Morgan fingerprint density at radius 1 is 1.07 bits per heavy atom. The summed E-state index contributed by atoms with van der Waals surface area (Å²) < 4.78 is 11.6. The summed E-state index contributed by atoms with van der Waals surface area (Å²) in [5.41, 5.74) is 14.6. The van der Waals surface area contributed by atoms with Crippen LogP contribution in [0.5, 0.6) is 11.5 Å². The van der Waals surface area contributed by atoms with E-state index >= 15 is 0 Å². The SMILES string of the molecule is CCCC(c1c(OC)cc(Cc2cnc(N)nc2N)cc1OC)C(C)(C)C. The molecular formula is C21H32N4O2. The number of rotatable bonds is 7. The fourth-order valence-corrected chi connectivity index (χ4v) is 3.53. The van der Waals surface area contributed by atoms with Crippen LogP contribution in [0.15, 0.2) is 18.3 Å². The molecular weight excluding hydrogens is 340 g/mol. The van der Waals surface area contributed by atoms with E-state index in [1.807, 2.05) is 0 Å². The number of anilines is 2. The van der Waals surface area contributed by atoms with E-state index in [1.54, 1.807) is 20.4 Å². The van der Waals surface area contributed by atoms with Crippen molar-refractivity contribution in [2.45, 2.75) is 52.9 Å². The van der Waals surface area contributed by atoms with Gasteiger partial charge in [0.05, 0.1) is 14.2 Å². The van der Waals surface area contributed by atoms with Crippen molar-refractivity contribution in [3.63, 3.8) is 0 Å². The first-order chi connectivity index (χ1) is 12.7. The average Bonchev–Trinajstić information content (AvgIpc) is 2.60. The number of benzene rings is 1. The third kappa shape index (κ3) is 4.81. The second-order valence-corrected chi connectivity index (χ2v) is 7.94. The zero-order valence-corrected chi connectivity index (χ0v) is 17.3. The van der Waals surface area contributed by atoms with Gasteiger partial charge in [0.25, 0.3) is 0 Å². The first kappa shape index (κ1) is 20.8. The van der Waals surface area contributed by atoms with Gasteiger partial charge in [-0.3, -0.25) is 0 Å². The normalized spacial score (nSPS) is 12.7. The molecule has 2 aromatic rings. The molecule has 0 fully saturated rings. The fourth-order valence-electron chi connectivity index (χ4n) is 3.53. The molecule has 0 bridgehead atoms. The van der Waals surface area contributed by atoms with Crippen LogP contribution in [0.1, 0.15) is 63.1 Å². The van der Waals surface area contributed by atoms with Crippen LogP contribution in [0.3, 0.4) is 0 Å². The third-order valence-electron chi connectivity index (χ3n) is 4.89. The highest BCUT2D eigenvalue weighted by molar-refractivity contribution is 5.53. The van der Waals surface area contributed by atoms with Crippen molar-refractivity contribution < 1.29 is 9.47 Å². The molecule has 6 nitrogen and oxygen atoms in total. The third-order valence-corrected chi connectivity index (χ3v) is 4.89. The highest BCUT2D eigenvalue weighted by Gasteiger charge is 2.31.